The first kappa shape index (κ1) is 21.5. The Bertz CT molecular complexity index is 1120. The SMILES string of the molecule is CN(C(=O)OC(C)(C)C)C(=O)c1ccc(CN2C(=O)c3ccccc3S2(=O)=O)cc1. The van der Waals surface area contributed by atoms with Gasteiger partial charge in [0.15, 0.2) is 0 Å². The monoisotopic (exact) mass is 430 g/mol. The first-order chi connectivity index (χ1) is 13.9. The molecule has 2 aromatic carbocycles. The van der Waals surface area contributed by atoms with Crippen molar-refractivity contribution in [1.82, 2.24) is 9.21 Å². The molecule has 0 radical (unpaired) electrons. The van der Waals surface area contributed by atoms with E-state index in [4.69, 9.17) is 4.74 Å². The molecular formula is C21H22N2O6S. The van der Waals surface area contributed by atoms with Crippen LogP contribution in [0, 0.1) is 0 Å². The quantitative estimate of drug-likeness (QED) is 0.742. The zero-order chi connectivity index (χ0) is 22.3. The molecule has 30 heavy (non-hydrogen) atoms. The topological polar surface area (TPSA) is 101 Å². The van der Waals surface area contributed by atoms with Gasteiger partial charge in [-0.15, -0.1) is 0 Å². The largest absolute Gasteiger partial charge is 0.443 e. The average molecular weight is 430 g/mol. The van der Waals surface area contributed by atoms with Crippen LogP contribution in [0.4, 0.5) is 4.79 Å². The van der Waals surface area contributed by atoms with Gasteiger partial charge in [0.1, 0.15) is 10.5 Å². The number of hydrogen-bond donors (Lipinski definition) is 0. The maximum absolute atomic E-state index is 12.6. The van der Waals surface area contributed by atoms with Crippen molar-refractivity contribution in [2.24, 2.45) is 0 Å². The molecule has 0 aliphatic carbocycles. The zero-order valence-electron chi connectivity index (χ0n) is 17.1. The molecule has 0 atom stereocenters. The number of fused-ring (bicyclic) bond motifs is 1. The van der Waals surface area contributed by atoms with Gasteiger partial charge in [-0.25, -0.2) is 22.4 Å². The Balaban J connectivity index is 1.75. The third-order valence-corrected chi connectivity index (χ3v) is 6.20. The number of rotatable bonds is 3. The Morgan fingerprint density at radius 3 is 2.20 bits per heavy atom. The van der Waals surface area contributed by atoms with Gasteiger partial charge >= 0.3 is 6.09 Å². The summed E-state index contributed by atoms with van der Waals surface area (Å²) in [5, 5.41) is 0. The number of hydrogen-bond acceptors (Lipinski definition) is 6. The van der Waals surface area contributed by atoms with Gasteiger partial charge in [0.2, 0.25) is 0 Å². The van der Waals surface area contributed by atoms with E-state index in [9.17, 15) is 22.8 Å². The Hall–Kier alpha value is -3.20. The molecule has 0 bridgehead atoms. The van der Waals surface area contributed by atoms with Gasteiger partial charge in [0.25, 0.3) is 21.8 Å². The lowest BCUT2D eigenvalue weighted by atomic mass is 10.1. The van der Waals surface area contributed by atoms with E-state index >= 15 is 0 Å². The number of ether oxygens (including phenoxy) is 1. The number of carbonyl (C=O) groups excluding carboxylic acids is 3. The molecule has 0 unspecified atom stereocenters. The second-order valence-electron chi connectivity index (χ2n) is 7.85. The zero-order valence-corrected chi connectivity index (χ0v) is 17.9. The van der Waals surface area contributed by atoms with Gasteiger partial charge < -0.3 is 4.74 Å². The fourth-order valence-corrected chi connectivity index (χ4v) is 4.47. The van der Waals surface area contributed by atoms with Gasteiger partial charge in [-0.05, 0) is 50.6 Å². The van der Waals surface area contributed by atoms with E-state index in [0.717, 1.165) is 9.21 Å². The fourth-order valence-electron chi connectivity index (χ4n) is 2.91. The summed E-state index contributed by atoms with van der Waals surface area (Å²) in [5.41, 5.74) is 0.159. The van der Waals surface area contributed by atoms with Crippen LogP contribution in [-0.4, -0.2) is 48.2 Å². The maximum Gasteiger partial charge on any atom is 0.417 e. The van der Waals surface area contributed by atoms with Crippen LogP contribution in [0.2, 0.25) is 0 Å². The summed E-state index contributed by atoms with van der Waals surface area (Å²) < 4.78 is 31.3. The summed E-state index contributed by atoms with van der Waals surface area (Å²) in [4.78, 5) is 37.9. The van der Waals surface area contributed by atoms with Crippen molar-refractivity contribution in [1.29, 1.82) is 0 Å². The molecule has 2 aromatic rings. The lowest BCUT2D eigenvalue weighted by Crippen LogP contribution is -2.38. The predicted octanol–water partition coefficient (Wildman–Crippen LogP) is 3.04. The van der Waals surface area contributed by atoms with Crippen LogP contribution >= 0.6 is 0 Å². The second kappa shape index (κ2) is 7.56. The highest BCUT2D eigenvalue weighted by molar-refractivity contribution is 7.90. The van der Waals surface area contributed by atoms with Crippen molar-refractivity contribution in [3.8, 4) is 0 Å². The number of nitrogens with zero attached hydrogens (tertiary/aromatic N) is 2. The standard InChI is InChI=1S/C21H22N2O6S/c1-21(2,3)29-20(26)22(4)18(24)15-11-9-14(10-12-15)13-23-19(25)16-7-5-6-8-17(16)30(23,27)28/h5-12H,13H2,1-4H3. The molecule has 1 heterocycles. The van der Waals surface area contributed by atoms with Crippen molar-refractivity contribution in [3.63, 3.8) is 0 Å². The third-order valence-electron chi connectivity index (χ3n) is 4.41. The van der Waals surface area contributed by atoms with E-state index in [1.54, 1.807) is 45.0 Å². The highest BCUT2D eigenvalue weighted by atomic mass is 32.2. The highest BCUT2D eigenvalue weighted by Gasteiger charge is 2.40. The van der Waals surface area contributed by atoms with Gasteiger partial charge in [0, 0.05) is 12.6 Å². The molecule has 3 rings (SSSR count). The molecule has 0 fully saturated rings. The highest BCUT2D eigenvalue weighted by Crippen LogP contribution is 2.31. The molecule has 0 spiro atoms. The summed E-state index contributed by atoms with van der Waals surface area (Å²) >= 11 is 0. The molecule has 8 nitrogen and oxygen atoms in total. The molecule has 158 valence electrons. The van der Waals surface area contributed by atoms with Crippen molar-refractivity contribution in [3.05, 3.63) is 65.2 Å². The normalized spacial score (nSPS) is 14.9. The Morgan fingerprint density at radius 2 is 1.63 bits per heavy atom. The minimum absolute atomic E-state index is 0.0132. The van der Waals surface area contributed by atoms with Crippen molar-refractivity contribution in [2.75, 3.05) is 7.05 Å². The molecule has 0 saturated carbocycles. The van der Waals surface area contributed by atoms with Crippen LogP contribution in [0.25, 0.3) is 0 Å². The molecule has 3 amide bonds. The molecule has 1 aliphatic heterocycles. The summed E-state index contributed by atoms with van der Waals surface area (Å²) in [6.07, 6.45) is -0.775. The first-order valence-corrected chi connectivity index (χ1v) is 10.6. The smallest absolute Gasteiger partial charge is 0.417 e. The van der Waals surface area contributed by atoms with Gasteiger partial charge in [-0.1, -0.05) is 24.3 Å². The molecular weight excluding hydrogens is 408 g/mol. The van der Waals surface area contributed by atoms with Crippen LogP contribution in [-0.2, 0) is 21.3 Å². The summed E-state index contributed by atoms with van der Waals surface area (Å²) in [6.45, 7) is 4.93. The van der Waals surface area contributed by atoms with E-state index < -0.39 is 33.5 Å². The number of imide groups is 1. The Kier molecular flexibility index (Phi) is 5.42. The summed E-state index contributed by atoms with van der Waals surface area (Å²) in [5.74, 6) is -1.15. The lowest BCUT2D eigenvalue weighted by Gasteiger charge is -2.23. The Morgan fingerprint density at radius 1 is 1.03 bits per heavy atom. The Labute approximate surface area is 175 Å². The number of benzene rings is 2. The number of amides is 3. The van der Waals surface area contributed by atoms with E-state index in [-0.39, 0.29) is 22.6 Å². The van der Waals surface area contributed by atoms with Crippen molar-refractivity contribution in [2.45, 2.75) is 37.8 Å². The van der Waals surface area contributed by atoms with Crippen molar-refractivity contribution < 1.29 is 27.5 Å². The predicted molar refractivity (Wildman–Crippen MR) is 108 cm³/mol. The number of sulfonamides is 1. The van der Waals surface area contributed by atoms with Crippen LogP contribution in [0.5, 0.6) is 0 Å². The van der Waals surface area contributed by atoms with Crippen molar-refractivity contribution >= 4 is 27.9 Å². The molecule has 0 aromatic heterocycles. The minimum atomic E-state index is -3.91. The van der Waals surface area contributed by atoms with E-state index in [1.807, 2.05) is 0 Å². The van der Waals surface area contributed by atoms with Crippen LogP contribution in [0.3, 0.4) is 0 Å². The lowest BCUT2D eigenvalue weighted by molar-refractivity contribution is 0.0284. The van der Waals surface area contributed by atoms with Gasteiger partial charge in [-0.3, -0.25) is 9.59 Å². The van der Waals surface area contributed by atoms with E-state index in [1.165, 1.54) is 31.3 Å². The van der Waals surface area contributed by atoms with Crippen LogP contribution in [0.15, 0.2) is 53.4 Å². The first-order valence-electron chi connectivity index (χ1n) is 9.18. The molecule has 9 heteroatoms. The minimum Gasteiger partial charge on any atom is -0.443 e. The summed E-state index contributed by atoms with van der Waals surface area (Å²) in [7, 11) is -2.60. The average Bonchev–Trinajstić information content (AvgIpc) is 2.87. The van der Waals surface area contributed by atoms with Gasteiger partial charge in [0.05, 0.1) is 12.1 Å². The molecule has 0 saturated heterocycles. The van der Waals surface area contributed by atoms with E-state index in [0.29, 0.717) is 5.56 Å². The van der Waals surface area contributed by atoms with E-state index in [2.05, 4.69) is 0 Å². The molecule has 1 aliphatic rings. The third kappa shape index (κ3) is 4.06. The maximum atomic E-state index is 12.6. The van der Waals surface area contributed by atoms with Crippen LogP contribution < -0.4 is 0 Å². The van der Waals surface area contributed by atoms with Gasteiger partial charge in [-0.2, -0.15) is 0 Å². The number of carbonyl (C=O) groups is 3. The second-order valence-corrected chi connectivity index (χ2v) is 9.69. The summed E-state index contributed by atoms with van der Waals surface area (Å²) in [6, 6.07) is 12.1. The fraction of sp³-hybridized carbons (Fsp3) is 0.286. The van der Waals surface area contributed by atoms with Crippen LogP contribution in [0.1, 0.15) is 47.1 Å². The molecule has 0 N–H and O–H groups in total.